The maximum absolute atomic E-state index is 13.2. The van der Waals surface area contributed by atoms with Gasteiger partial charge < -0.3 is 0 Å². The van der Waals surface area contributed by atoms with Gasteiger partial charge in [0.05, 0.1) is 0 Å². The lowest BCUT2D eigenvalue weighted by Gasteiger charge is -2.11. The Kier molecular flexibility index (Phi) is 4.14. The highest BCUT2D eigenvalue weighted by atomic mass is 32.2. The minimum absolute atomic E-state index is 0.344. The summed E-state index contributed by atoms with van der Waals surface area (Å²) in [6.45, 7) is 5.16. The van der Waals surface area contributed by atoms with Crippen molar-refractivity contribution < 1.29 is 12.8 Å². The fourth-order valence-electron chi connectivity index (χ4n) is 1.19. The zero-order valence-corrected chi connectivity index (χ0v) is 9.67. The van der Waals surface area contributed by atoms with E-state index in [1.54, 1.807) is 13.0 Å². The van der Waals surface area contributed by atoms with Gasteiger partial charge in [0.25, 0.3) is 10.0 Å². The second kappa shape index (κ2) is 5.18. The summed E-state index contributed by atoms with van der Waals surface area (Å²) in [4.78, 5) is 3.51. The monoisotopic (exact) mass is 244 g/mol. The molecule has 0 amide bonds. The lowest BCUT2D eigenvalue weighted by atomic mass is 10.3. The molecule has 0 bridgehead atoms. The third-order valence-electron chi connectivity index (χ3n) is 1.86. The zero-order valence-electron chi connectivity index (χ0n) is 8.85. The van der Waals surface area contributed by atoms with Crippen molar-refractivity contribution in [3.05, 3.63) is 36.8 Å². The lowest BCUT2D eigenvalue weighted by Crippen LogP contribution is -2.33. The van der Waals surface area contributed by atoms with Crippen LogP contribution < -0.4 is 4.72 Å². The van der Waals surface area contributed by atoms with Crippen LogP contribution in [0, 0.1) is 5.82 Å². The average molecular weight is 244 g/mol. The van der Waals surface area contributed by atoms with Crippen molar-refractivity contribution in [3.8, 4) is 0 Å². The Bertz CT molecular complexity index is 473. The standard InChI is InChI=1S/C10H13FN2O2S/c1-3-5-8(2)13-16(14,15)10-9(11)6-4-7-12-10/h3-4,6-8,13H,1,5H2,2H3. The summed E-state index contributed by atoms with van der Waals surface area (Å²) in [6, 6.07) is 2.05. The quantitative estimate of drug-likeness (QED) is 0.798. The summed E-state index contributed by atoms with van der Waals surface area (Å²) in [6.07, 6.45) is 3.28. The second-order valence-electron chi connectivity index (χ2n) is 3.34. The molecule has 0 fully saturated rings. The van der Waals surface area contributed by atoms with Crippen molar-refractivity contribution in [3.63, 3.8) is 0 Å². The highest BCUT2D eigenvalue weighted by Crippen LogP contribution is 2.10. The Morgan fingerprint density at radius 3 is 2.94 bits per heavy atom. The summed E-state index contributed by atoms with van der Waals surface area (Å²) >= 11 is 0. The molecular formula is C10H13FN2O2S. The van der Waals surface area contributed by atoms with Crippen LogP contribution in [0.2, 0.25) is 0 Å². The molecule has 1 unspecified atom stereocenters. The van der Waals surface area contributed by atoms with E-state index < -0.39 is 20.9 Å². The number of nitrogens with one attached hydrogen (secondary N) is 1. The first-order valence-corrected chi connectivity index (χ1v) is 6.19. The van der Waals surface area contributed by atoms with Gasteiger partial charge in [-0.3, -0.25) is 0 Å². The topological polar surface area (TPSA) is 59.1 Å². The van der Waals surface area contributed by atoms with Crippen LogP contribution in [0.15, 0.2) is 36.0 Å². The summed E-state index contributed by atoms with van der Waals surface area (Å²) in [7, 11) is -3.90. The zero-order chi connectivity index (χ0) is 12.2. The maximum Gasteiger partial charge on any atom is 0.261 e. The lowest BCUT2D eigenvalue weighted by molar-refractivity contribution is 0.533. The molecular weight excluding hydrogens is 231 g/mol. The van der Waals surface area contributed by atoms with Crippen molar-refractivity contribution >= 4 is 10.0 Å². The van der Waals surface area contributed by atoms with E-state index >= 15 is 0 Å². The van der Waals surface area contributed by atoms with Gasteiger partial charge in [0.15, 0.2) is 5.82 Å². The molecule has 0 radical (unpaired) electrons. The van der Waals surface area contributed by atoms with Gasteiger partial charge in [0.1, 0.15) is 0 Å². The first-order valence-electron chi connectivity index (χ1n) is 4.71. The van der Waals surface area contributed by atoms with Crippen LogP contribution in [-0.2, 0) is 10.0 Å². The highest BCUT2D eigenvalue weighted by Gasteiger charge is 2.21. The van der Waals surface area contributed by atoms with Crippen LogP contribution in [0.3, 0.4) is 0 Å². The number of hydrogen-bond acceptors (Lipinski definition) is 3. The molecule has 1 heterocycles. The minimum Gasteiger partial charge on any atom is -0.241 e. The molecule has 0 saturated heterocycles. The summed E-state index contributed by atoms with van der Waals surface area (Å²) < 4.78 is 38.9. The molecule has 1 rings (SSSR count). The van der Waals surface area contributed by atoms with Crippen molar-refractivity contribution in [1.29, 1.82) is 0 Å². The molecule has 16 heavy (non-hydrogen) atoms. The molecule has 88 valence electrons. The minimum atomic E-state index is -3.90. The Hall–Kier alpha value is -1.27. The first-order chi connectivity index (χ1) is 7.47. The van der Waals surface area contributed by atoms with Crippen LogP contribution in [0.5, 0.6) is 0 Å². The number of sulfonamides is 1. The number of pyridine rings is 1. The molecule has 0 aliphatic rings. The van der Waals surface area contributed by atoms with Gasteiger partial charge in [-0.1, -0.05) is 6.08 Å². The van der Waals surface area contributed by atoms with Crippen molar-refractivity contribution in [2.75, 3.05) is 0 Å². The Morgan fingerprint density at radius 2 is 2.38 bits per heavy atom. The third-order valence-corrected chi connectivity index (χ3v) is 3.38. The van der Waals surface area contributed by atoms with Crippen molar-refractivity contribution in [1.82, 2.24) is 9.71 Å². The SMILES string of the molecule is C=CCC(C)NS(=O)(=O)c1ncccc1F. The molecule has 0 saturated carbocycles. The number of aromatic nitrogens is 1. The predicted octanol–water partition coefficient (Wildman–Crippen LogP) is 1.46. The van der Waals surface area contributed by atoms with Crippen LogP contribution in [0.1, 0.15) is 13.3 Å². The largest absolute Gasteiger partial charge is 0.261 e. The normalized spacial score (nSPS) is 13.4. The third kappa shape index (κ3) is 3.11. The van der Waals surface area contributed by atoms with Gasteiger partial charge in [-0.05, 0) is 25.5 Å². The van der Waals surface area contributed by atoms with E-state index in [0.717, 1.165) is 6.07 Å². The molecule has 1 aromatic rings. The van der Waals surface area contributed by atoms with E-state index in [9.17, 15) is 12.8 Å². The van der Waals surface area contributed by atoms with Crippen molar-refractivity contribution in [2.45, 2.75) is 24.4 Å². The molecule has 0 aromatic carbocycles. The smallest absolute Gasteiger partial charge is 0.241 e. The fourth-order valence-corrected chi connectivity index (χ4v) is 2.45. The van der Waals surface area contributed by atoms with Crippen LogP contribution in [0.4, 0.5) is 4.39 Å². The van der Waals surface area contributed by atoms with Gasteiger partial charge in [0.2, 0.25) is 5.03 Å². The van der Waals surface area contributed by atoms with Gasteiger partial charge in [-0.2, -0.15) is 0 Å². The molecule has 4 nitrogen and oxygen atoms in total. The molecule has 1 N–H and O–H groups in total. The predicted molar refractivity (Wildman–Crippen MR) is 58.8 cm³/mol. The molecule has 1 atom stereocenters. The molecule has 0 aliphatic carbocycles. The number of hydrogen-bond donors (Lipinski definition) is 1. The van der Waals surface area contributed by atoms with Gasteiger partial charge in [-0.25, -0.2) is 22.5 Å². The fraction of sp³-hybridized carbons (Fsp3) is 0.300. The summed E-state index contributed by atoms with van der Waals surface area (Å²) in [5.74, 6) is -0.860. The number of rotatable bonds is 5. The Labute approximate surface area is 94.3 Å². The number of nitrogens with zero attached hydrogens (tertiary/aromatic N) is 1. The van der Waals surface area contributed by atoms with E-state index in [-0.39, 0.29) is 6.04 Å². The van der Waals surface area contributed by atoms with Gasteiger partial charge >= 0.3 is 0 Å². The second-order valence-corrected chi connectivity index (χ2v) is 4.97. The van der Waals surface area contributed by atoms with E-state index in [1.807, 2.05) is 0 Å². The summed E-state index contributed by atoms with van der Waals surface area (Å²) in [5, 5.41) is -0.578. The van der Waals surface area contributed by atoms with Gasteiger partial charge in [0, 0.05) is 12.2 Å². The van der Waals surface area contributed by atoms with E-state index in [2.05, 4.69) is 16.3 Å². The first kappa shape index (κ1) is 12.8. The summed E-state index contributed by atoms with van der Waals surface area (Å²) in [5.41, 5.74) is 0. The average Bonchev–Trinajstić information content (AvgIpc) is 2.17. The molecule has 0 spiro atoms. The number of halogens is 1. The van der Waals surface area contributed by atoms with Crippen LogP contribution in [-0.4, -0.2) is 19.4 Å². The maximum atomic E-state index is 13.2. The van der Waals surface area contributed by atoms with E-state index in [1.165, 1.54) is 12.3 Å². The van der Waals surface area contributed by atoms with Crippen LogP contribution in [0.25, 0.3) is 0 Å². The van der Waals surface area contributed by atoms with E-state index in [0.29, 0.717) is 6.42 Å². The van der Waals surface area contributed by atoms with Gasteiger partial charge in [-0.15, -0.1) is 6.58 Å². The van der Waals surface area contributed by atoms with Crippen molar-refractivity contribution in [2.24, 2.45) is 0 Å². The highest BCUT2D eigenvalue weighted by molar-refractivity contribution is 7.89. The molecule has 0 aliphatic heterocycles. The molecule has 1 aromatic heterocycles. The Morgan fingerprint density at radius 1 is 1.69 bits per heavy atom. The molecule has 6 heteroatoms. The Balaban J connectivity index is 2.95. The van der Waals surface area contributed by atoms with E-state index in [4.69, 9.17) is 0 Å². The van der Waals surface area contributed by atoms with Crippen LogP contribution >= 0.6 is 0 Å².